The molecule has 3 rings (SSSR count). The molecule has 0 aromatic heterocycles. The molecule has 1 aromatic carbocycles. The summed E-state index contributed by atoms with van der Waals surface area (Å²) >= 11 is 0. The van der Waals surface area contributed by atoms with Gasteiger partial charge in [-0.1, -0.05) is 18.2 Å². The van der Waals surface area contributed by atoms with Crippen LogP contribution in [0.5, 0.6) is 5.75 Å². The van der Waals surface area contributed by atoms with Crippen molar-refractivity contribution in [1.82, 2.24) is 4.90 Å². The Bertz CT molecular complexity index is 473. The predicted octanol–water partition coefficient (Wildman–Crippen LogP) is 2.18. The largest absolute Gasteiger partial charge is 0.491 e. The van der Waals surface area contributed by atoms with Crippen LogP contribution in [0, 0.1) is 5.92 Å². The van der Waals surface area contributed by atoms with Crippen molar-refractivity contribution in [2.45, 2.75) is 44.2 Å². The standard InChI is InChI=1S/C17H24N2O2/c18-16(13-8-9-13)11-17(20)19-10-4-5-14(19)12-21-15-6-2-1-3-7-15/h1-3,6-7,13-14,16H,4-5,8-12,18H2/t14-,16-/m1/s1. The van der Waals surface area contributed by atoms with Crippen LogP contribution in [-0.2, 0) is 4.79 Å². The molecule has 0 unspecified atom stereocenters. The molecule has 2 atom stereocenters. The first-order valence-electron chi connectivity index (χ1n) is 7.97. The van der Waals surface area contributed by atoms with E-state index in [1.165, 1.54) is 12.8 Å². The minimum Gasteiger partial charge on any atom is -0.491 e. The van der Waals surface area contributed by atoms with Crippen LogP contribution in [0.2, 0.25) is 0 Å². The Kier molecular flexibility index (Phi) is 4.44. The summed E-state index contributed by atoms with van der Waals surface area (Å²) in [5.74, 6) is 1.65. The Labute approximate surface area is 126 Å². The van der Waals surface area contributed by atoms with Crippen molar-refractivity contribution in [3.05, 3.63) is 30.3 Å². The summed E-state index contributed by atoms with van der Waals surface area (Å²) in [6.07, 6.45) is 4.96. The van der Waals surface area contributed by atoms with Crippen molar-refractivity contribution in [2.24, 2.45) is 11.7 Å². The van der Waals surface area contributed by atoms with Gasteiger partial charge >= 0.3 is 0 Å². The molecular weight excluding hydrogens is 264 g/mol. The molecule has 1 saturated carbocycles. The summed E-state index contributed by atoms with van der Waals surface area (Å²) in [6, 6.07) is 10.0. The summed E-state index contributed by atoms with van der Waals surface area (Å²) in [4.78, 5) is 14.4. The summed E-state index contributed by atoms with van der Waals surface area (Å²) in [5.41, 5.74) is 6.08. The number of amides is 1. The summed E-state index contributed by atoms with van der Waals surface area (Å²) < 4.78 is 5.81. The maximum absolute atomic E-state index is 12.4. The van der Waals surface area contributed by atoms with Gasteiger partial charge in [-0.25, -0.2) is 0 Å². The molecule has 1 aliphatic carbocycles. The number of para-hydroxylation sites is 1. The van der Waals surface area contributed by atoms with E-state index in [9.17, 15) is 4.79 Å². The normalized spacial score (nSPS) is 23.1. The highest BCUT2D eigenvalue weighted by molar-refractivity contribution is 5.77. The van der Waals surface area contributed by atoms with E-state index in [0.29, 0.717) is 18.9 Å². The lowest BCUT2D eigenvalue weighted by molar-refractivity contribution is -0.133. The molecule has 0 radical (unpaired) electrons. The SMILES string of the molecule is N[C@H](CC(=O)N1CCC[C@@H]1COc1ccccc1)C1CC1. The highest BCUT2D eigenvalue weighted by atomic mass is 16.5. The number of nitrogens with zero attached hydrogens (tertiary/aromatic N) is 1. The third kappa shape index (κ3) is 3.76. The van der Waals surface area contributed by atoms with Crippen LogP contribution in [0.3, 0.4) is 0 Å². The number of ether oxygens (including phenoxy) is 1. The second kappa shape index (κ2) is 6.48. The Morgan fingerprint density at radius 1 is 1.29 bits per heavy atom. The zero-order chi connectivity index (χ0) is 14.7. The monoisotopic (exact) mass is 288 g/mol. The van der Waals surface area contributed by atoms with E-state index in [-0.39, 0.29) is 18.0 Å². The molecule has 4 heteroatoms. The van der Waals surface area contributed by atoms with Crippen molar-refractivity contribution in [1.29, 1.82) is 0 Å². The Balaban J connectivity index is 1.51. The Morgan fingerprint density at radius 3 is 2.76 bits per heavy atom. The lowest BCUT2D eigenvalue weighted by atomic mass is 10.1. The quantitative estimate of drug-likeness (QED) is 0.873. The topological polar surface area (TPSA) is 55.6 Å². The average Bonchev–Trinajstić information content (AvgIpc) is 3.25. The van der Waals surface area contributed by atoms with Crippen LogP contribution >= 0.6 is 0 Å². The Hall–Kier alpha value is -1.55. The zero-order valence-corrected chi connectivity index (χ0v) is 12.4. The highest BCUT2D eigenvalue weighted by Gasteiger charge is 2.34. The van der Waals surface area contributed by atoms with E-state index >= 15 is 0 Å². The van der Waals surface area contributed by atoms with Gasteiger partial charge in [0, 0.05) is 19.0 Å². The van der Waals surface area contributed by atoms with Crippen LogP contribution in [0.25, 0.3) is 0 Å². The smallest absolute Gasteiger partial charge is 0.224 e. The van der Waals surface area contributed by atoms with Crippen LogP contribution in [0.15, 0.2) is 30.3 Å². The molecule has 114 valence electrons. The van der Waals surface area contributed by atoms with E-state index in [1.54, 1.807) is 0 Å². The van der Waals surface area contributed by atoms with Gasteiger partial charge in [0.2, 0.25) is 5.91 Å². The van der Waals surface area contributed by atoms with E-state index in [0.717, 1.165) is 25.1 Å². The van der Waals surface area contributed by atoms with Gasteiger partial charge in [0.05, 0.1) is 6.04 Å². The lowest BCUT2D eigenvalue weighted by Crippen LogP contribution is -2.42. The van der Waals surface area contributed by atoms with Gasteiger partial charge in [-0.3, -0.25) is 4.79 Å². The van der Waals surface area contributed by atoms with Gasteiger partial charge in [0.25, 0.3) is 0 Å². The third-order valence-corrected chi connectivity index (χ3v) is 4.52. The number of hydrogen-bond donors (Lipinski definition) is 1. The molecule has 0 spiro atoms. The first kappa shape index (κ1) is 14.4. The van der Waals surface area contributed by atoms with E-state index in [2.05, 4.69) is 0 Å². The van der Waals surface area contributed by atoms with Crippen LogP contribution in [0.4, 0.5) is 0 Å². The number of carbonyl (C=O) groups is 1. The number of rotatable bonds is 6. The molecule has 1 aromatic rings. The number of carbonyl (C=O) groups excluding carboxylic acids is 1. The first-order valence-corrected chi connectivity index (χ1v) is 7.97. The zero-order valence-electron chi connectivity index (χ0n) is 12.4. The molecule has 2 fully saturated rings. The van der Waals surface area contributed by atoms with E-state index in [4.69, 9.17) is 10.5 Å². The molecule has 0 bridgehead atoms. The van der Waals surface area contributed by atoms with Crippen LogP contribution in [-0.4, -0.2) is 36.0 Å². The number of nitrogens with two attached hydrogens (primary N) is 1. The molecule has 21 heavy (non-hydrogen) atoms. The molecule has 1 heterocycles. The molecular formula is C17H24N2O2. The van der Waals surface area contributed by atoms with Gasteiger partial charge < -0.3 is 15.4 Å². The first-order chi connectivity index (χ1) is 10.2. The number of likely N-dealkylation sites (tertiary alicyclic amines) is 1. The maximum Gasteiger partial charge on any atom is 0.224 e. The molecule has 1 amide bonds. The minimum absolute atomic E-state index is 0.0498. The van der Waals surface area contributed by atoms with E-state index < -0.39 is 0 Å². The fourth-order valence-corrected chi connectivity index (χ4v) is 3.06. The Morgan fingerprint density at radius 2 is 2.05 bits per heavy atom. The van der Waals surface area contributed by atoms with Gasteiger partial charge in [0.15, 0.2) is 0 Å². The average molecular weight is 288 g/mol. The van der Waals surface area contributed by atoms with Gasteiger partial charge in [0.1, 0.15) is 12.4 Å². The van der Waals surface area contributed by atoms with E-state index in [1.807, 2.05) is 35.2 Å². The van der Waals surface area contributed by atoms with Crippen LogP contribution < -0.4 is 10.5 Å². The van der Waals surface area contributed by atoms with Crippen molar-refractivity contribution < 1.29 is 9.53 Å². The van der Waals surface area contributed by atoms with Gasteiger partial charge in [-0.15, -0.1) is 0 Å². The fourth-order valence-electron chi connectivity index (χ4n) is 3.06. The predicted molar refractivity (Wildman–Crippen MR) is 82.0 cm³/mol. The second-order valence-electron chi connectivity index (χ2n) is 6.21. The molecule has 1 saturated heterocycles. The summed E-state index contributed by atoms with van der Waals surface area (Å²) in [7, 11) is 0. The van der Waals surface area contributed by atoms with Gasteiger partial charge in [-0.05, 0) is 43.7 Å². The van der Waals surface area contributed by atoms with Crippen molar-refractivity contribution in [3.63, 3.8) is 0 Å². The number of benzene rings is 1. The van der Waals surface area contributed by atoms with Gasteiger partial charge in [-0.2, -0.15) is 0 Å². The van der Waals surface area contributed by atoms with Crippen molar-refractivity contribution in [2.75, 3.05) is 13.2 Å². The highest BCUT2D eigenvalue weighted by Crippen LogP contribution is 2.33. The lowest BCUT2D eigenvalue weighted by Gasteiger charge is -2.26. The fraction of sp³-hybridized carbons (Fsp3) is 0.588. The summed E-state index contributed by atoms with van der Waals surface area (Å²) in [5, 5.41) is 0. The molecule has 1 aliphatic heterocycles. The third-order valence-electron chi connectivity index (χ3n) is 4.52. The molecule has 2 aliphatic rings. The number of hydrogen-bond acceptors (Lipinski definition) is 3. The minimum atomic E-state index is 0.0498. The molecule has 2 N–H and O–H groups in total. The van der Waals surface area contributed by atoms with Crippen molar-refractivity contribution in [3.8, 4) is 5.75 Å². The van der Waals surface area contributed by atoms with Crippen LogP contribution in [0.1, 0.15) is 32.1 Å². The second-order valence-corrected chi connectivity index (χ2v) is 6.21. The maximum atomic E-state index is 12.4. The summed E-state index contributed by atoms with van der Waals surface area (Å²) in [6.45, 7) is 1.42. The molecule has 4 nitrogen and oxygen atoms in total. The van der Waals surface area contributed by atoms with Crippen molar-refractivity contribution >= 4 is 5.91 Å².